The van der Waals surface area contributed by atoms with Gasteiger partial charge >= 0.3 is 11.7 Å². The van der Waals surface area contributed by atoms with E-state index in [1.54, 1.807) is 18.2 Å². The summed E-state index contributed by atoms with van der Waals surface area (Å²) in [5.74, 6) is -1.11. The second-order valence-electron chi connectivity index (χ2n) is 6.44. The number of carboxylic acid groups (broad SMARTS) is 1. The van der Waals surface area contributed by atoms with Crippen LogP contribution in [0.4, 0.5) is 5.69 Å². The minimum Gasteiger partial charge on any atom is -0.479 e. The molecule has 10 nitrogen and oxygen atoms in total. The maximum atomic E-state index is 13.0. The molecule has 0 aliphatic rings. The molecule has 0 radical (unpaired) electrons. The van der Waals surface area contributed by atoms with Gasteiger partial charge in [0.25, 0.3) is 5.56 Å². The van der Waals surface area contributed by atoms with E-state index in [0.717, 1.165) is 4.68 Å². The molecule has 0 atom stereocenters. The number of rotatable bonds is 8. The van der Waals surface area contributed by atoms with E-state index >= 15 is 0 Å². The second kappa shape index (κ2) is 9.47. The summed E-state index contributed by atoms with van der Waals surface area (Å²) in [6.45, 7) is 1.17. The van der Waals surface area contributed by atoms with E-state index in [2.05, 4.69) is 26.0 Å². The van der Waals surface area contributed by atoms with Crippen molar-refractivity contribution in [3.63, 3.8) is 0 Å². The van der Waals surface area contributed by atoms with Crippen LogP contribution in [0.1, 0.15) is 24.7 Å². The van der Waals surface area contributed by atoms with Crippen LogP contribution in [0.3, 0.4) is 0 Å². The number of para-hydroxylation sites is 1. The number of aryl methyl sites for hydroxylation is 1. The normalized spacial score (nSPS) is 11.2. The molecule has 2 aromatic carbocycles. The zero-order valence-electron chi connectivity index (χ0n) is 16.3. The number of fused-ring (bicyclic) bond motifs is 1. The van der Waals surface area contributed by atoms with Crippen molar-refractivity contribution in [2.45, 2.75) is 19.8 Å². The minimum absolute atomic E-state index is 0.152. The van der Waals surface area contributed by atoms with Gasteiger partial charge in [0, 0.05) is 22.5 Å². The quantitative estimate of drug-likeness (QED) is 0.291. The third kappa shape index (κ3) is 4.94. The van der Waals surface area contributed by atoms with E-state index in [1.807, 2.05) is 6.92 Å². The first-order valence-corrected chi connectivity index (χ1v) is 9.98. The third-order valence-electron chi connectivity index (χ3n) is 4.22. The summed E-state index contributed by atoms with van der Waals surface area (Å²) in [4.78, 5) is 39.1. The van der Waals surface area contributed by atoms with Crippen LogP contribution >= 0.6 is 15.9 Å². The van der Waals surface area contributed by atoms with Crippen LogP contribution < -0.4 is 10.3 Å². The monoisotopic (exact) mass is 488 g/mol. The topological polar surface area (TPSA) is 137 Å². The maximum absolute atomic E-state index is 13.0. The first-order valence-electron chi connectivity index (χ1n) is 9.19. The van der Waals surface area contributed by atoms with Crippen molar-refractivity contribution < 1.29 is 19.6 Å². The molecule has 1 N–H and O–H groups in total. The Bertz CT molecular complexity index is 1250. The van der Waals surface area contributed by atoms with Gasteiger partial charge < -0.3 is 9.84 Å². The first-order chi connectivity index (χ1) is 14.8. The highest BCUT2D eigenvalue weighted by Crippen LogP contribution is 2.30. The van der Waals surface area contributed by atoms with Crippen LogP contribution in [0.2, 0.25) is 0 Å². The smallest absolute Gasteiger partial charge is 0.341 e. The SMILES string of the molecule is CCCc1nc2ccc(Br)cc2c(=O)n1N=Cc1cccc([N+](=O)[O-])c1OCC(=O)O. The number of carbonyl (C=O) groups is 1. The van der Waals surface area contributed by atoms with Gasteiger partial charge in [0.15, 0.2) is 6.61 Å². The number of hydrogen-bond acceptors (Lipinski definition) is 7. The minimum atomic E-state index is -1.29. The fourth-order valence-corrected chi connectivity index (χ4v) is 3.26. The van der Waals surface area contributed by atoms with Gasteiger partial charge in [0.05, 0.1) is 22.0 Å². The molecule has 0 aliphatic heterocycles. The number of nitro groups is 1. The largest absolute Gasteiger partial charge is 0.479 e. The maximum Gasteiger partial charge on any atom is 0.341 e. The highest BCUT2D eigenvalue weighted by molar-refractivity contribution is 9.10. The number of nitro benzene ring substituents is 1. The standard InChI is InChI=1S/C20H17BrN4O6/c1-2-4-17-23-15-8-7-13(21)9-14(15)20(28)24(17)22-10-12-5-3-6-16(25(29)30)19(12)31-11-18(26)27/h3,5-10H,2,4,11H2,1H3,(H,26,27). The van der Waals surface area contributed by atoms with Crippen LogP contribution in [0.25, 0.3) is 10.9 Å². The molecule has 1 heterocycles. The fraction of sp³-hybridized carbons (Fsp3) is 0.200. The van der Waals surface area contributed by atoms with Gasteiger partial charge in [-0.2, -0.15) is 9.78 Å². The first kappa shape index (κ1) is 22.1. The van der Waals surface area contributed by atoms with Crippen molar-refractivity contribution >= 4 is 44.7 Å². The van der Waals surface area contributed by atoms with E-state index in [4.69, 9.17) is 9.84 Å². The molecule has 3 aromatic rings. The third-order valence-corrected chi connectivity index (χ3v) is 4.72. The number of benzene rings is 2. The molecule has 3 rings (SSSR count). The number of halogens is 1. The summed E-state index contributed by atoms with van der Waals surface area (Å²) >= 11 is 3.33. The Morgan fingerprint density at radius 2 is 2.16 bits per heavy atom. The Morgan fingerprint density at radius 1 is 1.39 bits per heavy atom. The Kier molecular flexibility index (Phi) is 6.75. The molecule has 0 bridgehead atoms. The fourth-order valence-electron chi connectivity index (χ4n) is 2.90. The van der Waals surface area contributed by atoms with Crippen LogP contribution in [-0.4, -0.2) is 38.5 Å². The van der Waals surface area contributed by atoms with E-state index in [9.17, 15) is 19.7 Å². The lowest BCUT2D eigenvalue weighted by Gasteiger charge is -2.10. The van der Waals surface area contributed by atoms with Gasteiger partial charge in [-0.1, -0.05) is 28.9 Å². The number of hydrogen-bond donors (Lipinski definition) is 1. The zero-order chi connectivity index (χ0) is 22.5. The number of nitrogens with zero attached hydrogens (tertiary/aromatic N) is 4. The lowest BCUT2D eigenvalue weighted by atomic mass is 10.2. The Labute approximate surface area is 184 Å². The molecular weight excluding hydrogens is 472 g/mol. The summed E-state index contributed by atoms with van der Waals surface area (Å²) in [6, 6.07) is 9.24. The summed E-state index contributed by atoms with van der Waals surface area (Å²) in [5, 5.41) is 24.8. The summed E-state index contributed by atoms with van der Waals surface area (Å²) in [7, 11) is 0. The van der Waals surface area contributed by atoms with Gasteiger partial charge in [-0.3, -0.25) is 14.9 Å². The molecule has 1 aromatic heterocycles. The average Bonchev–Trinajstić information content (AvgIpc) is 2.72. The summed E-state index contributed by atoms with van der Waals surface area (Å²) < 4.78 is 6.98. The number of aromatic nitrogens is 2. The summed E-state index contributed by atoms with van der Waals surface area (Å²) in [5.41, 5.74) is -0.126. The molecule has 0 saturated carbocycles. The van der Waals surface area contributed by atoms with Crippen molar-refractivity contribution in [3.05, 3.63) is 72.7 Å². The zero-order valence-corrected chi connectivity index (χ0v) is 17.9. The molecule has 0 spiro atoms. The Morgan fingerprint density at radius 3 is 2.84 bits per heavy atom. The van der Waals surface area contributed by atoms with Crippen molar-refractivity contribution in [2.24, 2.45) is 5.10 Å². The molecule has 0 unspecified atom stereocenters. The van der Waals surface area contributed by atoms with Crippen LogP contribution in [-0.2, 0) is 11.2 Å². The van der Waals surface area contributed by atoms with Gasteiger partial charge in [-0.05, 0) is 30.7 Å². The van der Waals surface area contributed by atoms with E-state index < -0.39 is 28.7 Å². The molecule has 160 valence electrons. The second-order valence-corrected chi connectivity index (χ2v) is 7.35. The molecule has 0 saturated heterocycles. The van der Waals surface area contributed by atoms with Crippen molar-refractivity contribution in [2.75, 3.05) is 6.61 Å². The highest BCUT2D eigenvalue weighted by Gasteiger charge is 2.19. The molecule has 0 amide bonds. The van der Waals surface area contributed by atoms with Gasteiger partial charge in [-0.25, -0.2) is 9.78 Å². The van der Waals surface area contributed by atoms with Crippen molar-refractivity contribution in [3.8, 4) is 5.75 Å². The van der Waals surface area contributed by atoms with Crippen molar-refractivity contribution in [1.29, 1.82) is 0 Å². The molecule has 11 heteroatoms. The number of aliphatic carboxylic acids is 1. The predicted octanol–water partition coefficient (Wildman–Crippen LogP) is 3.37. The lowest BCUT2D eigenvalue weighted by Crippen LogP contribution is -2.22. The number of carboxylic acids is 1. The molecule has 0 fully saturated rings. The average molecular weight is 489 g/mol. The van der Waals surface area contributed by atoms with Gasteiger partial charge in [0.2, 0.25) is 5.75 Å². The summed E-state index contributed by atoms with van der Waals surface area (Å²) in [6.07, 6.45) is 2.42. The molecular formula is C20H17BrN4O6. The Balaban J connectivity index is 2.15. The highest BCUT2D eigenvalue weighted by atomic mass is 79.9. The van der Waals surface area contributed by atoms with E-state index in [0.29, 0.717) is 34.0 Å². The van der Waals surface area contributed by atoms with Crippen LogP contribution in [0, 0.1) is 10.1 Å². The van der Waals surface area contributed by atoms with Crippen LogP contribution in [0.5, 0.6) is 5.75 Å². The predicted molar refractivity (Wildman–Crippen MR) is 117 cm³/mol. The van der Waals surface area contributed by atoms with Crippen LogP contribution in [0.15, 0.2) is 50.8 Å². The Hall–Kier alpha value is -3.60. The van der Waals surface area contributed by atoms with Gasteiger partial charge in [-0.15, -0.1) is 0 Å². The molecule has 31 heavy (non-hydrogen) atoms. The van der Waals surface area contributed by atoms with Crippen molar-refractivity contribution in [1.82, 2.24) is 9.66 Å². The van der Waals surface area contributed by atoms with E-state index in [1.165, 1.54) is 24.4 Å². The molecule has 0 aliphatic carbocycles. The lowest BCUT2D eigenvalue weighted by molar-refractivity contribution is -0.385. The number of ether oxygens (including phenoxy) is 1. The van der Waals surface area contributed by atoms with E-state index in [-0.39, 0.29) is 11.3 Å². The van der Waals surface area contributed by atoms with Gasteiger partial charge in [0.1, 0.15) is 5.82 Å².